The van der Waals surface area contributed by atoms with Gasteiger partial charge in [-0.05, 0) is 0 Å². The maximum absolute atomic E-state index is 12.7. The van der Waals surface area contributed by atoms with E-state index in [0.29, 0.717) is 3.57 Å². The van der Waals surface area contributed by atoms with E-state index in [4.69, 9.17) is 2.51 Å². The van der Waals surface area contributed by atoms with Crippen LogP contribution in [0.5, 0.6) is 0 Å². The molecule has 0 saturated heterocycles. The van der Waals surface area contributed by atoms with Crippen LogP contribution in [-0.4, -0.2) is 19.5 Å². The molecule has 0 fully saturated rings. The molecule has 2 rings (SSSR count). The van der Waals surface area contributed by atoms with Crippen molar-refractivity contribution in [1.29, 1.82) is 0 Å². The summed E-state index contributed by atoms with van der Waals surface area (Å²) in [5.41, 5.74) is 0.573. The second kappa shape index (κ2) is 8.42. The van der Waals surface area contributed by atoms with Gasteiger partial charge in [-0.2, -0.15) is 0 Å². The molecule has 5 nitrogen and oxygen atoms in total. The Hall–Kier alpha value is -1.89. The Morgan fingerprint density at radius 1 is 1.07 bits per heavy atom. The van der Waals surface area contributed by atoms with Gasteiger partial charge < -0.3 is 0 Å². The van der Waals surface area contributed by atoms with Crippen LogP contribution in [0.15, 0.2) is 53.4 Å². The molecular formula is C20H21IO5S. The molecule has 0 radical (unpaired) electrons. The number of carboxylic acids is 1. The van der Waals surface area contributed by atoms with Crippen molar-refractivity contribution in [2.75, 3.05) is 0 Å². The van der Waals surface area contributed by atoms with Crippen LogP contribution < -0.4 is 0 Å². The molecule has 0 amide bonds. The third kappa shape index (κ3) is 6.06. The van der Waals surface area contributed by atoms with Crippen LogP contribution in [0, 0.1) is 25.8 Å². The Morgan fingerprint density at radius 2 is 1.67 bits per heavy atom. The average Bonchev–Trinajstić information content (AvgIpc) is 2.58. The van der Waals surface area contributed by atoms with Crippen molar-refractivity contribution in [3.63, 3.8) is 0 Å². The molecule has 7 heteroatoms. The average molecular weight is 500 g/mol. The second-order valence-electron chi connectivity index (χ2n) is 6.83. The third-order valence-corrected chi connectivity index (χ3v) is 9.65. The Balaban J connectivity index is 2.52. The molecule has 0 heterocycles. The van der Waals surface area contributed by atoms with Gasteiger partial charge in [0.1, 0.15) is 0 Å². The molecule has 0 unspecified atom stereocenters. The fraction of sp³-hybridized carbons (Fsp3) is 0.250. The molecular weight excluding hydrogens is 479 g/mol. The number of carboxylic acid groups (broad SMARTS) is 1. The van der Waals surface area contributed by atoms with Crippen molar-refractivity contribution in [1.82, 2.24) is 0 Å². The van der Waals surface area contributed by atoms with Gasteiger partial charge in [0.25, 0.3) is 0 Å². The van der Waals surface area contributed by atoms with Crippen molar-refractivity contribution in [2.45, 2.75) is 32.6 Å². The van der Waals surface area contributed by atoms with E-state index >= 15 is 0 Å². The number of halogens is 1. The molecule has 0 bridgehead atoms. The van der Waals surface area contributed by atoms with Crippen LogP contribution in [0.25, 0.3) is 0 Å². The molecule has 27 heavy (non-hydrogen) atoms. The molecule has 1 N–H and O–H groups in total. The molecule has 0 aliphatic heterocycles. The number of aromatic carboxylic acids is 1. The third-order valence-electron chi connectivity index (χ3n) is 3.25. The quantitative estimate of drug-likeness (QED) is 0.476. The van der Waals surface area contributed by atoms with Crippen molar-refractivity contribution in [3.05, 3.63) is 63.2 Å². The Labute approximate surface area is 167 Å². The summed E-state index contributed by atoms with van der Waals surface area (Å²) in [5, 5.41) is 9.46. The van der Waals surface area contributed by atoms with Crippen LogP contribution in [0.2, 0.25) is 0 Å². The van der Waals surface area contributed by atoms with E-state index in [1.165, 1.54) is 18.2 Å². The van der Waals surface area contributed by atoms with Crippen molar-refractivity contribution in [2.24, 2.45) is 5.41 Å². The predicted molar refractivity (Wildman–Crippen MR) is 113 cm³/mol. The zero-order valence-corrected chi connectivity index (χ0v) is 18.5. The number of hydrogen-bond acceptors (Lipinski definition) is 4. The first-order valence-electron chi connectivity index (χ1n) is 8.06. The molecule has 2 aromatic rings. The van der Waals surface area contributed by atoms with Crippen LogP contribution in [-0.2, 0) is 12.6 Å². The molecule has 0 aliphatic carbocycles. The fourth-order valence-corrected chi connectivity index (χ4v) is 8.41. The molecule has 0 atom stereocenters. The minimum atomic E-state index is -4.06. The van der Waals surface area contributed by atoms with E-state index in [-0.39, 0.29) is 15.9 Å². The first-order chi connectivity index (χ1) is 12.5. The summed E-state index contributed by atoms with van der Waals surface area (Å²) >= 11 is -3.14. The summed E-state index contributed by atoms with van der Waals surface area (Å²) in [6.07, 6.45) is 0. The van der Waals surface area contributed by atoms with Crippen molar-refractivity contribution < 1.29 is 20.8 Å². The Kier molecular flexibility index (Phi) is 6.68. The van der Waals surface area contributed by atoms with Crippen molar-refractivity contribution in [3.8, 4) is 9.85 Å². The summed E-state index contributed by atoms with van der Waals surface area (Å²) in [7, 11) is -4.06. The molecule has 0 aliphatic rings. The van der Waals surface area contributed by atoms with Crippen LogP contribution in [0.4, 0.5) is 0 Å². The Bertz CT molecular complexity index is 993. The zero-order chi connectivity index (χ0) is 20.2. The summed E-state index contributed by atoms with van der Waals surface area (Å²) in [6.45, 7) is 7.54. The van der Waals surface area contributed by atoms with Gasteiger partial charge in [-0.15, -0.1) is 0 Å². The first kappa shape index (κ1) is 21.4. The van der Waals surface area contributed by atoms with Gasteiger partial charge in [0.05, 0.1) is 0 Å². The van der Waals surface area contributed by atoms with Crippen molar-refractivity contribution >= 4 is 36.3 Å². The van der Waals surface area contributed by atoms with E-state index in [1.54, 1.807) is 30.3 Å². The van der Waals surface area contributed by atoms with E-state index in [1.807, 2.05) is 27.7 Å². The van der Waals surface area contributed by atoms with Crippen LogP contribution in [0.1, 0.15) is 36.7 Å². The molecule has 144 valence electrons. The molecule has 0 aromatic heterocycles. The van der Waals surface area contributed by atoms with E-state index < -0.39 is 36.3 Å². The number of rotatable bonds is 5. The summed E-state index contributed by atoms with van der Waals surface area (Å²) in [5.74, 6) is 1.87. The number of carbonyl (C=O) groups is 1. The van der Waals surface area contributed by atoms with Gasteiger partial charge in [-0.3, -0.25) is 0 Å². The predicted octanol–water partition coefficient (Wildman–Crippen LogP) is 4.70. The summed E-state index contributed by atoms with van der Waals surface area (Å²) < 4.78 is 34.3. The van der Waals surface area contributed by atoms with Crippen LogP contribution in [0.3, 0.4) is 0 Å². The fourth-order valence-electron chi connectivity index (χ4n) is 1.89. The van der Waals surface area contributed by atoms with Gasteiger partial charge in [0.15, 0.2) is 0 Å². The van der Waals surface area contributed by atoms with E-state index in [0.717, 1.165) is 5.56 Å². The van der Waals surface area contributed by atoms with Gasteiger partial charge in [0.2, 0.25) is 0 Å². The van der Waals surface area contributed by atoms with Gasteiger partial charge >= 0.3 is 168 Å². The monoisotopic (exact) mass is 500 g/mol. The maximum atomic E-state index is 12.7. The Morgan fingerprint density at radius 3 is 2.22 bits per heavy atom. The van der Waals surface area contributed by atoms with Gasteiger partial charge in [0, 0.05) is 0 Å². The van der Waals surface area contributed by atoms with E-state index in [2.05, 4.69) is 9.85 Å². The number of hydrogen-bond donors (Lipinski definition) is 1. The first-order valence-corrected chi connectivity index (χ1v) is 12.5. The summed E-state index contributed by atoms with van der Waals surface area (Å²) in [4.78, 5) is 11.6. The van der Waals surface area contributed by atoms with Crippen LogP contribution >= 0.6 is 20.2 Å². The normalized spacial score (nSPS) is 12.1. The molecule has 2 aromatic carbocycles. The molecule has 0 saturated carbocycles. The zero-order valence-electron chi connectivity index (χ0n) is 15.5. The van der Waals surface area contributed by atoms with Gasteiger partial charge in [-0.1, -0.05) is 0 Å². The van der Waals surface area contributed by atoms with E-state index in [9.17, 15) is 18.3 Å². The van der Waals surface area contributed by atoms with Gasteiger partial charge in [-0.25, -0.2) is 0 Å². The molecule has 0 spiro atoms. The minimum absolute atomic E-state index is 0.0185. The second-order valence-corrected chi connectivity index (χ2v) is 12.5. The number of aryl methyl sites for hydroxylation is 1. The standard InChI is InChI=1S/C20H21IO5S/c1-15-9-11-16(12-10-15)27(24,25)26-21(14-13-20(2,3)4)18-8-6-5-7-17(18)19(22)23/h5-12H,1-4H3,(H,22,23). The topological polar surface area (TPSA) is 80.7 Å². The summed E-state index contributed by atoms with van der Waals surface area (Å²) in [6, 6.07) is 12.6. The SMILES string of the molecule is Cc1ccc(S(=O)(=O)OI(C#CC(C)(C)C)c2ccccc2C(=O)O)cc1. The number of benzene rings is 2.